The van der Waals surface area contributed by atoms with Crippen molar-refractivity contribution in [1.82, 2.24) is 4.90 Å². The molecule has 1 unspecified atom stereocenters. The van der Waals surface area contributed by atoms with E-state index in [-0.39, 0.29) is 12.0 Å². The van der Waals surface area contributed by atoms with Gasteiger partial charge >= 0.3 is 5.97 Å². The Morgan fingerprint density at radius 2 is 1.94 bits per heavy atom. The summed E-state index contributed by atoms with van der Waals surface area (Å²) in [7, 11) is 3.97. The van der Waals surface area contributed by atoms with Crippen molar-refractivity contribution in [1.29, 1.82) is 0 Å². The van der Waals surface area contributed by atoms with Gasteiger partial charge in [-0.05, 0) is 51.6 Å². The van der Waals surface area contributed by atoms with Crippen molar-refractivity contribution in [2.24, 2.45) is 0 Å². The SMILES string of the molecule is CCOC(=O)CC(c1ccc(C)c(C)c1)N(C)C. The second-order valence-corrected chi connectivity index (χ2v) is 4.83. The third-order valence-electron chi connectivity index (χ3n) is 3.20. The van der Waals surface area contributed by atoms with Gasteiger partial charge in [0.1, 0.15) is 0 Å². The van der Waals surface area contributed by atoms with Crippen molar-refractivity contribution < 1.29 is 9.53 Å². The normalized spacial score (nSPS) is 12.6. The summed E-state index contributed by atoms with van der Waals surface area (Å²) in [6.07, 6.45) is 0.392. The highest BCUT2D eigenvalue weighted by atomic mass is 16.5. The molecule has 0 bridgehead atoms. The van der Waals surface area contributed by atoms with Crippen molar-refractivity contribution in [3.8, 4) is 0 Å². The van der Waals surface area contributed by atoms with E-state index < -0.39 is 0 Å². The molecule has 0 heterocycles. The Labute approximate surface area is 110 Å². The Morgan fingerprint density at radius 3 is 2.44 bits per heavy atom. The number of nitrogens with zero attached hydrogens (tertiary/aromatic N) is 1. The van der Waals surface area contributed by atoms with Crippen molar-refractivity contribution in [3.05, 3.63) is 34.9 Å². The smallest absolute Gasteiger partial charge is 0.307 e. The zero-order valence-corrected chi connectivity index (χ0v) is 12.0. The van der Waals surface area contributed by atoms with Crippen molar-refractivity contribution in [2.45, 2.75) is 33.2 Å². The number of ether oxygens (including phenoxy) is 1. The third-order valence-corrected chi connectivity index (χ3v) is 3.20. The maximum atomic E-state index is 11.6. The van der Waals surface area contributed by atoms with Crippen LogP contribution in [0, 0.1) is 13.8 Å². The molecular formula is C15H23NO2. The van der Waals surface area contributed by atoms with Gasteiger partial charge < -0.3 is 9.64 Å². The fourth-order valence-electron chi connectivity index (χ4n) is 1.95. The third kappa shape index (κ3) is 3.84. The summed E-state index contributed by atoms with van der Waals surface area (Å²) in [6.45, 7) is 6.45. The van der Waals surface area contributed by atoms with Crippen LogP contribution in [0.25, 0.3) is 0 Å². The van der Waals surface area contributed by atoms with Crippen LogP contribution >= 0.6 is 0 Å². The molecule has 0 aliphatic carbocycles. The molecule has 100 valence electrons. The maximum absolute atomic E-state index is 11.6. The molecule has 3 heteroatoms. The molecule has 0 radical (unpaired) electrons. The Balaban J connectivity index is 2.90. The van der Waals surface area contributed by atoms with Crippen LogP contribution in [0.15, 0.2) is 18.2 Å². The Bertz CT molecular complexity index is 413. The number of aryl methyl sites for hydroxylation is 2. The first-order chi connectivity index (χ1) is 8.45. The van der Waals surface area contributed by atoms with Crippen LogP contribution in [0.4, 0.5) is 0 Å². The number of esters is 1. The fraction of sp³-hybridized carbons (Fsp3) is 0.533. The van der Waals surface area contributed by atoms with Gasteiger partial charge in [0.05, 0.1) is 13.0 Å². The van der Waals surface area contributed by atoms with Gasteiger partial charge in [-0.1, -0.05) is 18.2 Å². The van der Waals surface area contributed by atoms with E-state index in [2.05, 4.69) is 36.9 Å². The van der Waals surface area contributed by atoms with Crippen LogP contribution < -0.4 is 0 Å². The van der Waals surface area contributed by atoms with Gasteiger partial charge in [0.25, 0.3) is 0 Å². The van der Waals surface area contributed by atoms with E-state index in [1.54, 1.807) is 0 Å². The van der Waals surface area contributed by atoms with E-state index in [0.717, 1.165) is 5.56 Å². The van der Waals surface area contributed by atoms with Gasteiger partial charge in [-0.2, -0.15) is 0 Å². The van der Waals surface area contributed by atoms with Gasteiger partial charge in [-0.3, -0.25) is 4.79 Å². The number of hydrogen-bond acceptors (Lipinski definition) is 3. The predicted molar refractivity (Wildman–Crippen MR) is 73.6 cm³/mol. The minimum atomic E-state index is -0.144. The Morgan fingerprint density at radius 1 is 1.28 bits per heavy atom. The summed E-state index contributed by atoms with van der Waals surface area (Å²) in [5, 5.41) is 0. The molecule has 0 spiro atoms. The van der Waals surface area contributed by atoms with Crippen LogP contribution in [-0.2, 0) is 9.53 Å². The van der Waals surface area contributed by atoms with Gasteiger partial charge in [-0.25, -0.2) is 0 Å². The average molecular weight is 249 g/mol. The van der Waals surface area contributed by atoms with E-state index in [9.17, 15) is 4.79 Å². The standard InChI is InChI=1S/C15H23NO2/c1-6-18-15(17)10-14(16(4)5)13-8-7-11(2)12(3)9-13/h7-9,14H,6,10H2,1-5H3. The van der Waals surface area contributed by atoms with Gasteiger partial charge in [0, 0.05) is 6.04 Å². The van der Waals surface area contributed by atoms with E-state index >= 15 is 0 Å². The monoisotopic (exact) mass is 249 g/mol. The number of rotatable bonds is 5. The van der Waals surface area contributed by atoms with Gasteiger partial charge in [0.15, 0.2) is 0 Å². The molecule has 0 fully saturated rings. The highest BCUT2D eigenvalue weighted by Crippen LogP contribution is 2.24. The number of carbonyl (C=O) groups is 1. The first-order valence-electron chi connectivity index (χ1n) is 6.35. The van der Waals surface area contributed by atoms with Crippen LogP contribution in [-0.4, -0.2) is 31.6 Å². The van der Waals surface area contributed by atoms with Crippen molar-refractivity contribution in [2.75, 3.05) is 20.7 Å². The Kier molecular flexibility index (Phi) is 5.35. The molecule has 1 aromatic carbocycles. The molecule has 0 aliphatic rings. The highest BCUT2D eigenvalue weighted by molar-refractivity contribution is 5.70. The molecule has 1 atom stereocenters. The first-order valence-corrected chi connectivity index (χ1v) is 6.35. The molecule has 0 amide bonds. The van der Waals surface area contributed by atoms with Crippen LogP contribution in [0.1, 0.15) is 36.1 Å². The van der Waals surface area contributed by atoms with E-state index in [4.69, 9.17) is 4.74 Å². The molecule has 1 rings (SSSR count). The van der Waals surface area contributed by atoms with E-state index in [1.165, 1.54) is 11.1 Å². The summed E-state index contributed by atoms with van der Waals surface area (Å²) in [5.74, 6) is -0.144. The van der Waals surface area contributed by atoms with Crippen molar-refractivity contribution >= 4 is 5.97 Å². The second kappa shape index (κ2) is 6.55. The lowest BCUT2D eigenvalue weighted by molar-refractivity contribution is -0.144. The summed E-state index contributed by atoms with van der Waals surface area (Å²) in [5.41, 5.74) is 3.69. The average Bonchev–Trinajstić information content (AvgIpc) is 2.30. The fourth-order valence-corrected chi connectivity index (χ4v) is 1.95. The second-order valence-electron chi connectivity index (χ2n) is 4.83. The number of benzene rings is 1. The summed E-state index contributed by atoms with van der Waals surface area (Å²) in [6, 6.07) is 6.42. The molecule has 18 heavy (non-hydrogen) atoms. The molecule has 0 N–H and O–H groups in total. The van der Waals surface area contributed by atoms with Crippen molar-refractivity contribution in [3.63, 3.8) is 0 Å². The molecule has 0 aromatic heterocycles. The first kappa shape index (κ1) is 14.7. The predicted octanol–water partition coefficient (Wildman–Crippen LogP) is 2.86. The van der Waals surface area contributed by atoms with Crippen LogP contribution in [0.2, 0.25) is 0 Å². The van der Waals surface area contributed by atoms with Crippen LogP contribution in [0.5, 0.6) is 0 Å². The molecule has 0 aliphatic heterocycles. The van der Waals surface area contributed by atoms with E-state index in [1.807, 2.05) is 21.0 Å². The summed E-state index contributed by atoms with van der Waals surface area (Å²) in [4.78, 5) is 13.7. The zero-order chi connectivity index (χ0) is 13.7. The van der Waals surface area contributed by atoms with Gasteiger partial charge in [0.2, 0.25) is 0 Å². The molecule has 0 saturated carbocycles. The zero-order valence-electron chi connectivity index (χ0n) is 12.0. The lowest BCUT2D eigenvalue weighted by Crippen LogP contribution is -2.24. The quantitative estimate of drug-likeness (QED) is 0.751. The van der Waals surface area contributed by atoms with E-state index in [0.29, 0.717) is 13.0 Å². The van der Waals surface area contributed by atoms with Crippen LogP contribution in [0.3, 0.4) is 0 Å². The lowest BCUT2D eigenvalue weighted by atomic mass is 9.98. The molecular weight excluding hydrogens is 226 g/mol. The van der Waals surface area contributed by atoms with Gasteiger partial charge in [-0.15, -0.1) is 0 Å². The minimum absolute atomic E-state index is 0.0725. The molecule has 1 aromatic rings. The summed E-state index contributed by atoms with van der Waals surface area (Å²) >= 11 is 0. The number of hydrogen-bond donors (Lipinski definition) is 0. The Hall–Kier alpha value is -1.35. The maximum Gasteiger partial charge on any atom is 0.307 e. The minimum Gasteiger partial charge on any atom is -0.466 e. The molecule has 3 nitrogen and oxygen atoms in total. The number of carbonyl (C=O) groups excluding carboxylic acids is 1. The molecule has 0 saturated heterocycles. The largest absolute Gasteiger partial charge is 0.466 e. The highest BCUT2D eigenvalue weighted by Gasteiger charge is 2.19. The summed E-state index contributed by atoms with van der Waals surface area (Å²) < 4.78 is 5.03. The topological polar surface area (TPSA) is 29.5 Å². The lowest BCUT2D eigenvalue weighted by Gasteiger charge is -2.24.